The second kappa shape index (κ2) is 4.91. The van der Waals surface area contributed by atoms with Crippen LogP contribution in [0.5, 0.6) is 0 Å². The maximum Gasteiger partial charge on any atom is 0 e. The predicted octanol–water partition coefficient (Wildman–Crippen LogP) is 0.379. The molecule has 4 radical (unpaired) electrons. The molecule has 7 heavy (non-hydrogen) atoms. The van der Waals surface area contributed by atoms with Gasteiger partial charge in [-0.3, -0.25) is 0 Å². The Bertz CT molecular complexity index is 23.6. The summed E-state index contributed by atoms with van der Waals surface area (Å²) < 4.78 is 0. The Balaban J connectivity index is 0.000000360. The molecule has 0 aliphatic carbocycles. The summed E-state index contributed by atoms with van der Waals surface area (Å²) in [6.45, 7) is 2.50. The van der Waals surface area contributed by atoms with E-state index in [4.69, 9.17) is 0 Å². The molecule has 1 fully saturated rings. The third kappa shape index (κ3) is 3.35. The smallest absolute Gasteiger partial charge is 0 e. The molecule has 0 aromatic carbocycles. The average molecular weight is 204 g/mol. The SMILES string of the molecule is C1CCNCC1.[Sn]. The summed E-state index contributed by atoms with van der Waals surface area (Å²) in [6.07, 6.45) is 4.22. The molecule has 1 N–H and O–H groups in total. The van der Waals surface area contributed by atoms with Crippen LogP contribution in [-0.4, -0.2) is 37.0 Å². The molecule has 0 spiro atoms. The number of hydrogen-bond acceptors (Lipinski definition) is 1. The standard InChI is InChI=1S/C5H11N.Sn/c1-2-4-6-5-3-1;/h6H,1-5H2;. The van der Waals surface area contributed by atoms with Crippen molar-refractivity contribution in [2.24, 2.45) is 0 Å². The summed E-state index contributed by atoms with van der Waals surface area (Å²) in [5, 5.41) is 3.28. The number of piperidine rings is 1. The quantitative estimate of drug-likeness (QED) is 0.562. The molecule has 1 saturated heterocycles. The molecule has 40 valence electrons. The van der Waals surface area contributed by atoms with Crippen molar-refractivity contribution in [3.8, 4) is 0 Å². The Morgan fingerprint density at radius 2 is 1.43 bits per heavy atom. The van der Waals surface area contributed by atoms with Gasteiger partial charge >= 0.3 is 0 Å². The summed E-state index contributed by atoms with van der Waals surface area (Å²) >= 11 is 0. The van der Waals surface area contributed by atoms with Crippen molar-refractivity contribution in [2.45, 2.75) is 19.3 Å². The largest absolute Gasteiger partial charge is 0.317 e. The van der Waals surface area contributed by atoms with Gasteiger partial charge in [0, 0.05) is 23.9 Å². The van der Waals surface area contributed by atoms with Crippen LogP contribution in [-0.2, 0) is 0 Å². The molecule has 1 aliphatic heterocycles. The van der Waals surface area contributed by atoms with Crippen molar-refractivity contribution in [3.05, 3.63) is 0 Å². The van der Waals surface area contributed by atoms with Gasteiger partial charge in [-0.25, -0.2) is 0 Å². The van der Waals surface area contributed by atoms with Crippen LogP contribution in [0.2, 0.25) is 0 Å². The Hall–Kier alpha value is 0.759. The minimum atomic E-state index is 0. The molecule has 1 nitrogen and oxygen atoms in total. The van der Waals surface area contributed by atoms with Crippen LogP contribution in [0.1, 0.15) is 19.3 Å². The van der Waals surface area contributed by atoms with Gasteiger partial charge in [-0.1, -0.05) is 6.42 Å². The minimum absolute atomic E-state index is 0. The zero-order valence-electron chi connectivity index (χ0n) is 4.54. The second-order valence-corrected chi connectivity index (χ2v) is 1.81. The van der Waals surface area contributed by atoms with E-state index in [9.17, 15) is 0 Å². The van der Waals surface area contributed by atoms with Crippen molar-refractivity contribution in [1.29, 1.82) is 0 Å². The third-order valence-corrected chi connectivity index (χ3v) is 1.21. The summed E-state index contributed by atoms with van der Waals surface area (Å²) in [7, 11) is 0. The Kier molecular flexibility index (Phi) is 5.44. The van der Waals surface area contributed by atoms with Crippen molar-refractivity contribution in [3.63, 3.8) is 0 Å². The van der Waals surface area contributed by atoms with Crippen LogP contribution in [0.4, 0.5) is 0 Å². The molecule has 0 unspecified atom stereocenters. The van der Waals surface area contributed by atoms with Crippen LogP contribution in [0.25, 0.3) is 0 Å². The summed E-state index contributed by atoms with van der Waals surface area (Å²) in [5.41, 5.74) is 0. The first kappa shape index (κ1) is 7.76. The van der Waals surface area contributed by atoms with E-state index in [2.05, 4.69) is 5.32 Å². The van der Waals surface area contributed by atoms with Crippen LogP contribution in [0, 0.1) is 0 Å². The fourth-order valence-corrected chi connectivity index (χ4v) is 0.802. The topological polar surface area (TPSA) is 12.0 Å². The van der Waals surface area contributed by atoms with Crippen LogP contribution < -0.4 is 5.32 Å². The molecule has 0 aromatic rings. The minimum Gasteiger partial charge on any atom is -0.317 e. The first-order valence-electron chi connectivity index (χ1n) is 2.71. The van der Waals surface area contributed by atoms with Crippen LogP contribution in [0.15, 0.2) is 0 Å². The van der Waals surface area contributed by atoms with E-state index in [-0.39, 0.29) is 23.9 Å². The van der Waals surface area contributed by atoms with Gasteiger partial charge in [0.15, 0.2) is 0 Å². The first-order chi connectivity index (χ1) is 3.00. The number of nitrogens with one attached hydrogen (secondary N) is 1. The number of hydrogen-bond donors (Lipinski definition) is 1. The van der Waals surface area contributed by atoms with Gasteiger partial charge in [0.1, 0.15) is 0 Å². The fourth-order valence-electron chi connectivity index (χ4n) is 0.802. The van der Waals surface area contributed by atoms with E-state index >= 15 is 0 Å². The van der Waals surface area contributed by atoms with Gasteiger partial charge < -0.3 is 5.32 Å². The van der Waals surface area contributed by atoms with Gasteiger partial charge in [-0.05, 0) is 25.9 Å². The van der Waals surface area contributed by atoms with Crippen molar-refractivity contribution < 1.29 is 0 Å². The van der Waals surface area contributed by atoms with E-state index in [0.29, 0.717) is 0 Å². The fraction of sp³-hybridized carbons (Fsp3) is 1.00. The third-order valence-electron chi connectivity index (χ3n) is 1.21. The van der Waals surface area contributed by atoms with E-state index in [1.807, 2.05) is 0 Å². The van der Waals surface area contributed by atoms with E-state index in [1.165, 1.54) is 32.4 Å². The molecule has 1 aliphatic rings. The number of rotatable bonds is 0. The van der Waals surface area contributed by atoms with E-state index in [0.717, 1.165) is 0 Å². The van der Waals surface area contributed by atoms with Gasteiger partial charge in [0.25, 0.3) is 0 Å². The Labute approximate surface area is 61.8 Å². The molecular formula is C5H11NSn. The maximum absolute atomic E-state index is 3.28. The Morgan fingerprint density at radius 3 is 1.57 bits per heavy atom. The van der Waals surface area contributed by atoms with Gasteiger partial charge in [-0.15, -0.1) is 0 Å². The van der Waals surface area contributed by atoms with Crippen molar-refractivity contribution in [1.82, 2.24) is 5.32 Å². The second-order valence-electron chi connectivity index (χ2n) is 1.81. The molecule has 0 atom stereocenters. The van der Waals surface area contributed by atoms with Gasteiger partial charge in [0.2, 0.25) is 0 Å². The normalized spacial score (nSPS) is 20.6. The summed E-state index contributed by atoms with van der Waals surface area (Å²) in [4.78, 5) is 0. The zero-order valence-corrected chi connectivity index (χ0v) is 7.39. The van der Waals surface area contributed by atoms with Gasteiger partial charge in [-0.2, -0.15) is 0 Å². The Morgan fingerprint density at radius 1 is 0.857 bits per heavy atom. The summed E-state index contributed by atoms with van der Waals surface area (Å²) in [5.74, 6) is 0. The molecule has 1 heterocycles. The predicted molar refractivity (Wildman–Crippen MR) is 32.5 cm³/mol. The average Bonchev–Trinajstić information content (AvgIpc) is 1.72. The zero-order chi connectivity index (χ0) is 4.24. The maximum atomic E-state index is 3.28. The molecule has 0 amide bonds. The van der Waals surface area contributed by atoms with Crippen LogP contribution >= 0.6 is 0 Å². The van der Waals surface area contributed by atoms with Crippen molar-refractivity contribution in [2.75, 3.05) is 13.1 Å². The molecule has 1 rings (SSSR count). The molecule has 0 bridgehead atoms. The van der Waals surface area contributed by atoms with E-state index < -0.39 is 0 Å². The molecule has 2 heteroatoms. The van der Waals surface area contributed by atoms with Crippen LogP contribution in [0.3, 0.4) is 0 Å². The monoisotopic (exact) mass is 205 g/mol. The van der Waals surface area contributed by atoms with Gasteiger partial charge in [0.05, 0.1) is 0 Å². The molecule has 0 saturated carbocycles. The first-order valence-corrected chi connectivity index (χ1v) is 2.71. The molecular weight excluding hydrogens is 193 g/mol. The summed E-state index contributed by atoms with van der Waals surface area (Å²) in [6, 6.07) is 0. The van der Waals surface area contributed by atoms with E-state index in [1.54, 1.807) is 0 Å². The van der Waals surface area contributed by atoms with Crippen molar-refractivity contribution >= 4 is 23.9 Å². The molecule has 0 aromatic heterocycles.